The molecule has 2 N–H and O–H groups in total. The Kier molecular flexibility index (Phi) is 8.16. The highest BCUT2D eigenvalue weighted by Crippen LogP contribution is 2.12. The predicted octanol–water partition coefficient (Wildman–Crippen LogP) is 3.95. The number of anilines is 2. The first-order chi connectivity index (χ1) is 13.1. The molecule has 0 fully saturated rings. The summed E-state index contributed by atoms with van der Waals surface area (Å²) in [5.74, 6) is -0.607. The number of carbonyl (C=O) groups excluding carboxylic acids is 2. The molecule has 6 heteroatoms. The minimum Gasteiger partial charge on any atom is -0.462 e. The molecule has 0 saturated carbocycles. The van der Waals surface area contributed by atoms with E-state index >= 15 is 0 Å². The van der Waals surface area contributed by atoms with Crippen LogP contribution in [0.2, 0.25) is 0 Å². The van der Waals surface area contributed by atoms with E-state index in [9.17, 15) is 9.59 Å². The fourth-order valence-corrected chi connectivity index (χ4v) is 2.43. The molecule has 0 unspecified atom stereocenters. The van der Waals surface area contributed by atoms with E-state index in [2.05, 4.69) is 10.6 Å². The minimum atomic E-state index is -0.303. The van der Waals surface area contributed by atoms with Crippen LogP contribution in [-0.4, -0.2) is 38.2 Å². The summed E-state index contributed by atoms with van der Waals surface area (Å²) < 4.78 is 9.92. The Hall–Kier alpha value is -3.02. The lowest BCUT2D eigenvalue weighted by atomic mass is 10.2. The Morgan fingerprint density at radius 3 is 1.41 bits per heavy atom. The average Bonchev–Trinajstić information content (AvgIpc) is 2.69. The summed E-state index contributed by atoms with van der Waals surface area (Å²) in [5, 5.41) is 6.63. The molecule has 2 aromatic rings. The molecule has 0 amide bonds. The van der Waals surface area contributed by atoms with Crippen LogP contribution in [0.1, 0.15) is 41.0 Å². The first kappa shape index (κ1) is 20.3. The van der Waals surface area contributed by atoms with E-state index in [0.29, 0.717) is 24.3 Å². The monoisotopic (exact) mass is 370 g/mol. The maximum Gasteiger partial charge on any atom is 0.338 e. The molecule has 0 aliphatic carbocycles. The van der Waals surface area contributed by atoms with Crippen molar-refractivity contribution >= 4 is 23.3 Å². The molecule has 0 bridgehead atoms. The standard InChI is InChI=1S/C21H26N2O4/c1-3-26-20(24)16-6-10-18(11-7-16)22-14-5-15-23-19-12-8-17(9-13-19)21(25)27-4-2/h6-13,22-23H,3-5,14-15H2,1-2H3. The Bertz CT molecular complexity index is 663. The summed E-state index contributed by atoms with van der Waals surface area (Å²) in [6.45, 7) is 5.92. The quantitative estimate of drug-likeness (QED) is 0.487. The topological polar surface area (TPSA) is 76.7 Å². The molecule has 2 aromatic carbocycles. The van der Waals surface area contributed by atoms with Crippen LogP contribution in [0.3, 0.4) is 0 Å². The van der Waals surface area contributed by atoms with Crippen molar-refractivity contribution in [1.29, 1.82) is 0 Å². The third kappa shape index (κ3) is 6.66. The first-order valence-electron chi connectivity index (χ1n) is 9.16. The third-order valence-electron chi connectivity index (χ3n) is 3.80. The van der Waals surface area contributed by atoms with Gasteiger partial charge in [0.1, 0.15) is 0 Å². The van der Waals surface area contributed by atoms with Gasteiger partial charge in [-0.15, -0.1) is 0 Å². The lowest BCUT2D eigenvalue weighted by Crippen LogP contribution is -2.10. The van der Waals surface area contributed by atoms with Crippen molar-refractivity contribution in [3.05, 3.63) is 59.7 Å². The number of hydrogen-bond acceptors (Lipinski definition) is 6. The number of carbonyl (C=O) groups is 2. The smallest absolute Gasteiger partial charge is 0.338 e. The van der Waals surface area contributed by atoms with E-state index in [1.54, 1.807) is 38.1 Å². The Balaban J connectivity index is 1.68. The number of benzene rings is 2. The van der Waals surface area contributed by atoms with E-state index in [4.69, 9.17) is 9.47 Å². The fourth-order valence-electron chi connectivity index (χ4n) is 2.43. The van der Waals surface area contributed by atoms with Crippen molar-refractivity contribution in [1.82, 2.24) is 0 Å². The summed E-state index contributed by atoms with van der Waals surface area (Å²) >= 11 is 0. The molecule has 0 aliphatic heterocycles. The van der Waals surface area contributed by atoms with E-state index in [1.807, 2.05) is 24.3 Å². The molecule has 0 aromatic heterocycles. The molecule has 0 spiro atoms. The Morgan fingerprint density at radius 2 is 1.07 bits per heavy atom. The summed E-state index contributed by atoms with van der Waals surface area (Å²) in [7, 11) is 0. The van der Waals surface area contributed by atoms with Gasteiger partial charge in [-0.2, -0.15) is 0 Å². The maximum absolute atomic E-state index is 11.6. The van der Waals surface area contributed by atoms with Crippen molar-refractivity contribution in [2.75, 3.05) is 36.9 Å². The van der Waals surface area contributed by atoms with Gasteiger partial charge in [0.05, 0.1) is 24.3 Å². The molecular formula is C21H26N2O4. The number of nitrogens with one attached hydrogen (secondary N) is 2. The molecule has 0 radical (unpaired) electrons. The van der Waals surface area contributed by atoms with Crippen molar-refractivity contribution in [3.63, 3.8) is 0 Å². The van der Waals surface area contributed by atoms with Crippen LogP contribution in [0, 0.1) is 0 Å². The highest BCUT2D eigenvalue weighted by Gasteiger charge is 2.06. The van der Waals surface area contributed by atoms with Gasteiger partial charge in [0, 0.05) is 24.5 Å². The fraction of sp³-hybridized carbons (Fsp3) is 0.333. The molecule has 6 nitrogen and oxygen atoms in total. The number of hydrogen-bond donors (Lipinski definition) is 2. The summed E-state index contributed by atoms with van der Waals surface area (Å²) in [6.07, 6.45) is 0.916. The van der Waals surface area contributed by atoms with Crippen LogP contribution in [0.25, 0.3) is 0 Å². The van der Waals surface area contributed by atoms with Gasteiger partial charge >= 0.3 is 11.9 Å². The van der Waals surface area contributed by atoms with Crippen molar-refractivity contribution in [2.45, 2.75) is 20.3 Å². The molecule has 2 rings (SSSR count). The van der Waals surface area contributed by atoms with Gasteiger partial charge in [0.15, 0.2) is 0 Å². The Morgan fingerprint density at radius 1 is 0.704 bits per heavy atom. The van der Waals surface area contributed by atoms with E-state index in [1.165, 1.54) is 0 Å². The lowest BCUT2D eigenvalue weighted by molar-refractivity contribution is 0.0517. The van der Waals surface area contributed by atoms with Gasteiger partial charge < -0.3 is 20.1 Å². The van der Waals surface area contributed by atoms with Crippen LogP contribution in [0.5, 0.6) is 0 Å². The molecule has 27 heavy (non-hydrogen) atoms. The normalized spacial score (nSPS) is 10.1. The van der Waals surface area contributed by atoms with Gasteiger partial charge in [-0.25, -0.2) is 9.59 Å². The van der Waals surface area contributed by atoms with Gasteiger partial charge in [-0.3, -0.25) is 0 Å². The average molecular weight is 370 g/mol. The largest absolute Gasteiger partial charge is 0.462 e. The van der Waals surface area contributed by atoms with Gasteiger partial charge in [-0.1, -0.05) is 0 Å². The molecular weight excluding hydrogens is 344 g/mol. The van der Waals surface area contributed by atoms with E-state index in [0.717, 1.165) is 30.9 Å². The summed E-state index contributed by atoms with van der Waals surface area (Å²) in [4.78, 5) is 23.2. The highest BCUT2D eigenvalue weighted by molar-refractivity contribution is 5.90. The maximum atomic E-state index is 11.6. The first-order valence-corrected chi connectivity index (χ1v) is 9.16. The van der Waals surface area contributed by atoms with Crippen molar-refractivity contribution in [2.24, 2.45) is 0 Å². The minimum absolute atomic E-state index is 0.303. The van der Waals surface area contributed by atoms with Crippen molar-refractivity contribution in [3.8, 4) is 0 Å². The van der Waals surface area contributed by atoms with E-state index < -0.39 is 0 Å². The lowest BCUT2D eigenvalue weighted by Gasteiger charge is -2.09. The van der Waals surface area contributed by atoms with E-state index in [-0.39, 0.29) is 11.9 Å². The van der Waals surface area contributed by atoms with Crippen LogP contribution in [0.4, 0.5) is 11.4 Å². The molecule has 0 saturated heterocycles. The summed E-state index contributed by atoms with van der Waals surface area (Å²) in [5.41, 5.74) is 3.02. The van der Waals surface area contributed by atoms with Gasteiger partial charge in [-0.05, 0) is 68.8 Å². The van der Waals surface area contributed by atoms with Crippen LogP contribution >= 0.6 is 0 Å². The predicted molar refractivity (Wildman–Crippen MR) is 106 cm³/mol. The molecule has 0 aliphatic rings. The van der Waals surface area contributed by atoms with Crippen molar-refractivity contribution < 1.29 is 19.1 Å². The molecule has 0 heterocycles. The number of rotatable bonds is 10. The zero-order valence-corrected chi connectivity index (χ0v) is 15.8. The zero-order valence-electron chi connectivity index (χ0n) is 15.8. The summed E-state index contributed by atoms with van der Waals surface area (Å²) in [6, 6.07) is 14.5. The SMILES string of the molecule is CCOC(=O)c1ccc(NCCCNc2ccc(C(=O)OCC)cc2)cc1. The van der Waals surface area contributed by atoms with Gasteiger partial charge in [0.25, 0.3) is 0 Å². The zero-order chi connectivity index (χ0) is 19.5. The number of esters is 2. The van der Waals surface area contributed by atoms with Gasteiger partial charge in [0.2, 0.25) is 0 Å². The van der Waals surface area contributed by atoms with Crippen LogP contribution < -0.4 is 10.6 Å². The molecule has 0 atom stereocenters. The highest BCUT2D eigenvalue weighted by atomic mass is 16.5. The Labute approximate surface area is 159 Å². The number of ether oxygens (including phenoxy) is 2. The van der Waals surface area contributed by atoms with Crippen LogP contribution in [-0.2, 0) is 9.47 Å². The second kappa shape index (κ2) is 10.9. The second-order valence-corrected chi connectivity index (χ2v) is 5.80. The third-order valence-corrected chi connectivity index (χ3v) is 3.80. The van der Waals surface area contributed by atoms with Crippen LogP contribution in [0.15, 0.2) is 48.5 Å². The second-order valence-electron chi connectivity index (χ2n) is 5.80. The molecule has 144 valence electrons.